The van der Waals surface area contributed by atoms with Gasteiger partial charge in [-0.05, 0) is 43.5 Å². The van der Waals surface area contributed by atoms with Crippen LogP contribution in [0.1, 0.15) is 51.1 Å². The van der Waals surface area contributed by atoms with Crippen LogP contribution in [0, 0.1) is 0 Å². The number of ether oxygens (including phenoxy) is 2. The van der Waals surface area contributed by atoms with Crippen LogP contribution in [0.15, 0.2) is 97.1 Å². The quantitative estimate of drug-likeness (QED) is 0.180. The minimum atomic E-state index is -0.240. The Morgan fingerprint density at radius 3 is 1.32 bits per heavy atom. The number of carbonyl (C=O) groups excluding carboxylic acids is 2. The van der Waals surface area contributed by atoms with Gasteiger partial charge < -0.3 is 19.7 Å². The van der Waals surface area contributed by atoms with E-state index >= 15 is 0 Å². The normalized spacial score (nSPS) is 10.6. The summed E-state index contributed by atoms with van der Waals surface area (Å²) >= 11 is 0. The van der Waals surface area contributed by atoms with E-state index in [1.165, 1.54) is 12.1 Å². The monoisotopic (exact) mass is 496 g/mol. The summed E-state index contributed by atoms with van der Waals surface area (Å²) in [4.78, 5) is 25.0. The number of benzene rings is 4. The predicted octanol–water partition coefficient (Wildman–Crippen LogP) is 6.19. The smallest absolute Gasteiger partial charge is 0.196 e. The Bertz CT molecular complexity index is 1240. The summed E-state index contributed by atoms with van der Waals surface area (Å²) in [7, 11) is 0. The maximum atomic E-state index is 12.5. The van der Waals surface area contributed by atoms with Gasteiger partial charge >= 0.3 is 0 Å². The first kappa shape index (κ1) is 25.5. The first-order chi connectivity index (χ1) is 18.0. The van der Waals surface area contributed by atoms with Gasteiger partial charge in [-0.1, -0.05) is 60.7 Å². The number of phenols is 2. The number of ketones is 2. The molecule has 37 heavy (non-hydrogen) atoms. The fourth-order valence-corrected chi connectivity index (χ4v) is 3.84. The molecule has 0 aromatic heterocycles. The van der Waals surface area contributed by atoms with Crippen LogP contribution < -0.4 is 9.47 Å². The first-order valence-electron chi connectivity index (χ1n) is 12.1. The van der Waals surface area contributed by atoms with E-state index in [1.807, 2.05) is 12.1 Å². The van der Waals surface area contributed by atoms with Crippen molar-refractivity contribution in [3.05, 3.63) is 119 Å². The number of aromatic hydroxyl groups is 2. The van der Waals surface area contributed by atoms with E-state index in [1.54, 1.807) is 72.8 Å². The van der Waals surface area contributed by atoms with Gasteiger partial charge in [0, 0.05) is 23.3 Å². The van der Waals surface area contributed by atoms with Gasteiger partial charge in [-0.15, -0.1) is 0 Å². The fraction of sp³-hybridized carbons (Fsp3) is 0.161. The van der Waals surface area contributed by atoms with Gasteiger partial charge in [0.15, 0.2) is 11.6 Å². The summed E-state index contributed by atoms with van der Waals surface area (Å²) in [5, 5.41) is 20.6. The first-order valence-corrected chi connectivity index (χ1v) is 12.1. The summed E-state index contributed by atoms with van der Waals surface area (Å²) in [6.07, 6.45) is 2.42. The highest BCUT2D eigenvalue weighted by Gasteiger charge is 2.15. The zero-order valence-corrected chi connectivity index (χ0v) is 20.3. The minimum Gasteiger partial charge on any atom is -0.507 e. The van der Waals surface area contributed by atoms with E-state index in [4.69, 9.17) is 9.47 Å². The van der Waals surface area contributed by atoms with E-state index in [9.17, 15) is 19.8 Å². The molecule has 0 unspecified atom stereocenters. The summed E-state index contributed by atoms with van der Waals surface area (Å²) < 4.78 is 11.4. The highest BCUT2D eigenvalue weighted by Crippen LogP contribution is 2.27. The summed E-state index contributed by atoms with van der Waals surface area (Å²) in [5.41, 5.74) is 1.50. The van der Waals surface area contributed by atoms with Crippen molar-refractivity contribution < 1.29 is 29.3 Å². The number of phenolic OH excluding ortho intramolecular Hbond substituents is 2. The molecule has 0 saturated heterocycles. The lowest BCUT2D eigenvalue weighted by Gasteiger charge is -2.10. The van der Waals surface area contributed by atoms with Crippen molar-refractivity contribution in [3.8, 4) is 23.0 Å². The third kappa shape index (κ3) is 6.76. The number of hydrogen-bond acceptors (Lipinski definition) is 6. The molecule has 4 aromatic rings. The van der Waals surface area contributed by atoms with Crippen molar-refractivity contribution >= 4 is 11.6 Å². The second-order valence-corrected chi connectivity index (χ2v) is 8.51. The second-order valence-electron chi connectivity index (χ2n) is 8.51. The Balaban J connectivity index is 1.17. The lowest BCUT2D eigenvalue weighted by Crippen LogP contribution is -2.04. The van der Waals surface area contributed by atoms with Crippen molar-refractivity contribution in [3.63, 3.8) is 0 Å². The molecule has 2 N–H and O–H groups in total. The van der Waals surface area contributed by atoms with E-state index < -0.39 is 0 Å². The van der Waals surface area contributed by atoms with E-state index in [2.05, 4.69) is 0 Å². The van der Waals surface area contributed by atoms with Gasteiger partial charge in [0.2, 0.25) is 0 Å². The van der Waals surface area contributed by atoms with Crippen LogP contribution in [0.3, 0.4) is 0 Å². The van der Waals surface area contributed by atoms with Crippen LogP contribution in [0.25, 0.3) is 0 Å². The molecule has 0 fully saturated rings. The van der Waals surface area contributed by atoms with Crippen molar-refractivity contribution in [2.75, 3.05) is 13.2 Å². The number of carbonyl (C=O) groups is 2. The Hall–Kier alpha value is -4.58. The highest BCUT2D eigenvalue weighted by molar-refractivity contribution is 6.11. The zero-order valence-electron chi connectivity index (χ0n) is 20.3. The molecular weight excluding hydrogens is 468 g/mol. The molecule has 0 aliphatic rings. The molecule has 0 aliphatic heterocycles. The van der Waals surface area contributed by atoms with Crippen molar-refractivity contribution in [1.82, 2.24) is 0 Å². The standard InChI is InChI=1S/C31H28O6/c32-28-20-24(14-16-26(28)30(34)22-10-4-1-5-11-22)36-18-8-3-9-19-37-25-15-17-27(29(33)21-25)31(35)23-12-6-2-7-13-23/h1-2,4-7,10-17,20-21,32-33H,3,8-9,18-19H2. The number of hydrogen-bond donors (Lipinski definition) is 2. The zero-order chi connectivity index (χ0) is 26.0. The molecule has 6 nitrogen and oxygen atoms in total. The number of rotatable bonds is 12. The van der Waals surface area contributed by atoms with E-state index in [0.29, 0.717) is 35.8 Å². The molecular formula is C31H28O6. The molecule has 4 aromatic carbocycles. The molecule has 0 spiro atoms. The molecule has 0 radical (unpaired) electrons. The third-order valence-corrected chi connectivity index (χ3v) is 5.83. The summed E-state index contributed by atoms with van der Waals surface area (Å²) in [5.74, 6) is 0.294. The molecule has 0 aliphatic carbocycles. The fourth-order valence-electron chi connectivity index (χ4n) is 3.84. The van der Waals surface area contributed by atoms with E-state index in [0.717, 1.165) is 19.3 Å². The Morgan fingerprint density at radius 1 is 0.541 bits per heavy atom. The third-order valence-electron chi connectivity index (χ3n) is 5.83. The predicted molar refractivity (Wildman–Crippen MR) is 141 cm³/mol. The van der Waals surface area contributed by atoms with Crippen molar-refractivity contribution in [2.24, 2.45) is 0 Å². The summed E-state index contributed by atoms with van der Waals surface area (Å²) in [6.45, 7) is 0.922. The SMILES string of the molecule is O=C(c1ccccc1)c1ccc(OCCCCCOc2ccc(C(=O)c3ccccc3)c(O)c2)cc1O. The van der Waals surface area contributed by atoms with Gasteiger partial charge in [0.1, 0.15) is 23.0 Å². The van der Waals surface area contributed by atoms with E-state index in [-0.39, 0.29) is 34.2 Å². The average molecular weight is 497 g/mol. The van der Waals surface area contributed by atoms with Crippen molar-refractivity contribution in [2.45, 2.75) is 19.3 Å². The van der Waals surface area contributed by atoms with Gasteiger partial charge in [-0.2, -0.15) is 0 Å². The molecule has 4 rings (SSSR count). The Morgan fingerprint density at radius 2 is 0.946 bits per heavy atom. The molecule has 188 valence electrons. The van der Waals surface area contributed by atoms with Gasteiger partial charge in [-0.3, -0.25) is 9.59 Å². The molecule has 6 heteroatoms. The average Bonchev–Trinajstić information content (AvgIpc) is 2.93. The van der Waals surface area contributed by atoms with Crippen LogP contribution in [-0.2, 0) is 0 Å². The van der Waals surface area contributed by atoms with Crippen LogP contribution in [0.4, 0.5) is 0 Å². The van der Waals surface area contributed by atoms with Gasteiger partial charge in [-0.25, -0.2) is 0 Å². The van der Waals surface area contributed by atoms with Crippen LogP contribution in [0.5, 0.6) is 23.0 Å². The van der Waals surface area contributed by atoms with Gasteiger partial charge in [0.25, 0.3) is 0 Å². The lowest BCUT2D eigenvalue weighted by molar-refractivity contribution is 0.102. The Labute approximate surface area is 215 Å². The Kier molecular flexibility index (Phi) is 8.55. The topological polar surface area (TPSA) is 93.1 Å². The second kappa shape index (κ2) is 12.4. The largest absolute Gasteiger partial charge is 0.507 e. The van der Waals surface area contributed by atoms with Crippen LogP contribution >= 0.6 is 0 Å². The lowest BCUT2D eigenvalue weighted by atomic mass is 10.0. The molecule has 0 saturated carbocycles. The maximum absolute atomic E-state index is 12.5. The minimum absolute atomic E-state index is 0.112. The van der Waals surface area contributed by atoms with Crippen molar-refractivity contribution in [1.29, 1.82) is 0 Å². The molecule has 0 bridgehead atoms. The highest BCUT2D eigenvalue weighted by atomic mass is 16.5. The summed E-state index contributed by atoms with van der Waals surface area (Å²) in [6, 6.07) is 27.0. The van der Waals surface area contributed by atoms with Crippen LogP contribution in [-0.4, -0.2) is 35.0 Å². The van der Waals surface area contributed by atoms with Gasteiger partial charge in [0.05, 0.1) is 24.3 Å². The molecule has 0 heterocycles. The number of unbranched alkanes of at least 4 members (excludes halogenated alkanes) is 2. The maximum Gasteiger partial charge on any atom is 0.196 e. The molecule has 0 amide bonds. The molecule has 0 atom stereocenters. The van der Waals surface area contributed by atoms with Crippen LogP contribution in [0.2, 0.25) is 0 Å².